The fraction of sp³-hybridized carbons (Fsp3) is 0.267. The molecule has 110 valence electrons. The molecule has 6 heteroatoms. The number of likely N-dealkylation sites (tertiary alicyclic amines) is 1. The lowest BCUT2D eigenvalue weighted by Crippen LogP contribution is -2.30. The zero-order valence-corrected chi connectivity index (χ0v) is 11.7. The lowest BCUT2D eigenvalue weighted by Gasteiger charge is -2.23. The zero-order valence-electron chi connectivity index (χ0n) is 11.0. The molecule has 0 bridgehead atoms. The second kappa shape index (κ2) is 5.48. The average Bonchev–Trinajstić information content (AvgIpc) is 3.11. The van der Waals surface area contributed by atoms with Crippen LogP contribution in [0.2, 0.25) is 5.02 Å². The Morgan fingerprint density at radius 1 is 1.33 bits per heavy atom. The summed E-state index contributed by atoms with van der Waals surface area (Å²) >= 11 is 5.87. The third kappa shape index (κ3) is 2.53. The first kappa shape index (κ1) is 14.1. The Hall–Kier alpha value is -1.88. The van der Waals surface area contributed by atoms with Gasteiger partial charge in [-0.15, -0.1) is 0 Å². The van der Waals surface area contributed by atoms with E-state index < -0.39 is 17.5 Å². The van der Waals surface area contributed by atoms with Crippen LogP contribution >= 0.6 is 11.6 Å². The molecule has 0 N–H and O–H groups in total. The maximum atomic E-state index is 13.4. The van der Waals surface area contributed by atoms with Crippen molar-refractivity contribution >= 4 is 17.5 Å². The standard InChI is InChI=1S/C15H12ClF2NO2/c16-10-8-12(18)11(17)7-9(10)15(20)19-5-1-3-13(19)14-4-2-6-21-14/h2,4,6-8,13H,1,3,5H2/t13-/m1/s1. The summed E-state index contributed by atoms with van der Waals surface area (Å²) in [4.78, 5) is 14.1. The van der Waals surface area contributed by atoms with Gasteiger partial charge in [-0.05, 0) is 37.1 Å². The molecule has 1 aromatic carbocycles. The van der Waals surface area contributed by atoms with E-state index >= 15 is 0 Å². The molecular weight excluding hydrogens is 300 g/mol. The molecule has 0 radical (unpaired) electrons. The maximum absolute atomic E-state index is 13.4. The van der Waals surface area contributed by atoms with Crippen LogP contribution in [0, 0.1) is 11.6 Å². The summed E-state index contributed by atoms with van der Waals surface area (Å²) < 4.78 is 31.8. The van der Waals surface area contributed by atoms with Crippen molar-refractivity contribution in [2.24, 2.45) is 0 Å². The number of hydrogen-bond donors (Lipinski definition) is 0. The monoisotopic (exact) mass is 311 g/mol. The van der Waals surface area contributed by atoms with E-state index in [4.69, 9.17) is 16.0 Å². The van der Waals surface area contributed by atoms with E-state index in [0.717, 1.165) is 25.0 Å². The SMILES string of the molecule is O=C(c1cc(F)c(F)cc1Cl)N1CCC[C@@H]1c1ccco1. The number of benzene rings is 1. The third-order valence-electron chi connectivity index (χ3n) is 3.63. The Bertz CT molecular complexity index is 673. The van der Waals surface area contributed by atoms with Crippen molar-refractivity contribution in [3.8, 4) is 0 Å². The van der Waals surface area contributed by atoms with Crippen LogP contribution < -0.4 is 0 Å². The van der Waals surface area contributed by atoms with E-state index in [2.05, 4.69) is 0 Å². The van der Waals surface area contributed by atoms with Gasteiger partial charge in [0, 0.05) is 6.54 Å². The quantitative estimate of drug-likeness (QED) is 0.779. The van der Waals surface area contributed by atoms with Gasteiger partial charge in [0.25, 0.3) is 5.91 Å². The van der Waals surface area contributed by atoms with Crippen molar-refractivity contribution in [3.05, 3.63) is 58.5 Å². The normalized spacial score (nSPS) is 18.2. The summed E-state index contributed by atoms with van der Waals surface area (Å²) in [6.45, 7) is 0.527. The number of furan rings is 1. The molecule has 1 fully saturated rings. The maximum Gasteiger partial charge on any atom is 0.256 e. The second-order valence-electron chi connectivity index (χ2n) is 4.92. The van der Waals surface area contributed by atoms with Crippen LogP contribution in [0.5, 0.6) is 0 Å². The van der Waals surface area contributed by atoms with Crippen LogP contribution in [0.3, 0.4) is 0 Å². The minimum atomic E-state index is -1.09. The molecule has 21 heavy (non-hydrogen) atoms. The van der Waals surface area contributed by atoms with Crippen LogP contribution in [-0.4, -0.2) is 17.4 Å². The van der Waals surface area contributed by atoms with Gasteiger partial charge in [-0.2, -0.15) is 0 Å². The van der Waals surface area contributed by atoms with Gasteiger partial charge in [-0.3, -0.25) is 4.79 Å². The molecule has 0 unspecified atom stereocenters. The molecule has 3 rings (SSSR count). The number of carbonyl (C=O) groups is 1. The fourth-order valence-corrected chi connectivity index (χ4v) is 2.86. The fourth-order valence-electron chi connectivity index (χ4n) is 2.63. The highest BCUT2D eigenvalue weighted by Crippen LogP contribution is 2.34. The van der Waals surface area contributed by atoms with Gasteiger partial charge in [0.1, 0.15) is 5.76 Å². The summed E-state index contributed by atoms with van der Waals surface area (Å²) in [5, 5.41) is -0.0935. The van der Waals surface area contributed by atoms with Crippen molar-refractivity contribution in [1.29, 1.82) is 0 Å². The molecule has 0 spiro atoms. The highest BCUT2D eigenvalue weighted by molar-refractivity contribution is 6.33. The molecule has 1 aromatic heterocycles. The van der Waals surface area contributed by atoms with Gasteiger partial charge in [0.2, 0.25) is 0 Å². The van der Waals surface area contributed by atoms with E-state index in [-0.39, 0.29) is 16.6 Å². The van der Waals surface area contributed by atoms with Gasteiger partial charge in [-0.1, -0.05) is 11.6 Å². The predicted molar refractivity (Wildman–Crippen MR) is 73.1 cm³/mol. The highest BCUT2D eigenvalue weighted by Gasteiger charge is 2.33. The number of hydrogen-bond acceptors (Lipinski definition) is 2. The Morgan fingerprint density at radius 2 is 2.10 bits per heavy atom. The molecule has 1 saturated heterocycles. The molecule has 0 saturated carbocycles. The average molecular weight is 312 g/mol. The lowest BCUT2D eigenvalue weighted by atomic mass is 10.1. The van der Waals surface area contributed by atoms with Crippen molar-refractivity contribution in [2.75, 3.05) is 6.54 Å². The summed E-state index contributed by atoms with van der Waals surface area (Å²) in [5.41, 5.74) is -0.0333. The van der Waals surface area contributed by atoms with Crippen LogP contribution in [0.4, 0.5) is 8.78 Å². The largest absolute Gasteiger partial charge is 0.467 e. The van der Waals surface area contributed by atoms with Crippen molar-refractivity contribution < 1.29 is 18.0 Å². The molecule has 3 nitrogen and oxygen atoms in total. The molecule has 1 atom stereocenters. The molecule has 1 amide bonds. The second-order valence-corrected chi connectivity index (χ2v) is 5.33. The zero-order chi connectivity index (χ0) is 15.0. The number of amides is 1. The number of nitrogens with zero attached hydrogens (tertiary/aromatic N) is 1. The van der Waals surface area contributed by atoms with E-state index in [1.807, 2.05) is 0 Å². The Balaban J connectivity index is 1.93. The molecule has 2 heterocycles. The first-order valence-corrected chi connectivity index (χ1v) is 6.94. The lowest BCUT2D eigenvalue weighted by molar-refractivity contribution is 0.0719. The van der Waals surface area contributed by atoms with Crippen molar-refractivity contribution in [1.82, 2.24) is 4.90 Å². The summed E-state index contributed by atoms with van der Waals surface area (Å²) in [5.74, 6) is -1.89. The number of halogens is 3. The van der Waals surface area contributed by atoms with Crippen molar-refractivity contribution in [2.45, 2.75) is 18.9 Å². The van der Waals surface area contributed by atoms with Gasteiger partial charge in [0.05, 0.1) is 22.9 Å². The van der Waals surface area contributed by atoms with Crippen LogP contribution in [-0.2, 0) is 0 Å². The van der Waals surface area contributed by atoms with Gasteiger partial charge < -0.3 is 9.32 Å². The third-order valence-corrected chi connectivity index (χ3v) is 3.94. The molecular formula is C15H12ClF2NO2. The summed E-state index contributed by atoms with van der Waals surface area (Å²) in [7, 11) is 0. The number of rotatable bonds is 2. The minimum Gasteiger partial charge on any atom is -0.467 e. The first-order chi connectivity index (χ1) is 10.1. The van der Waals surface area contributed by atoms with Crippen LogP contribution in [0.1, 0.15) is 35.0 Å². The van der Waals surface area contributed by atoms with E-state index in [1.165, 1.54) is 0 Å². The van der Waals surface area contributed by atoms with Gasteiger partial charge in [0.15, 0.2) is 11.6 Å². The Labute approximate surface area is 125 Å². The van der Waals surface area contributed by atoms with E-state index in [9.17, 15) is 13.6 Å². The smallest absolute Gasteiger partial charge is 0.256 e. The highest BCUT2D eigenvalue weighted by atomic mass is 35.5. The van der Waals surface area contributed by atoms with Crippen LogP contribution in [0.25, 0.3) is 0 Å². The van der Waals surface area contributed by atoms with Gasteiger partial charge in [-0.25, -0.2) is 8.78 Å². The Kier molecular flexibility index (Phi) is 3.68. The van der Waals surface area contributed by atoms with Crippen LogP contribution in [0.15, 0.2) is 34.9 Å². The van der Waals surface area contributed by atoms with E-state index in [0.29, 0.717) is 12.3 Å². The molecule has 1 aliphatic rings. The van der Waals surface area contributed by atoms with Crippen molar-refractivity contribution in [3.63, 3.8) is 0 Å². The number of carbonyl (C=O) groups excluding carboxylic acids is 1. The molecule has 1 aliphatic heterocycles. The Morgan fingerprint density at radius 3 is 2.81 bits per heavy atom. The summed E-state index contributed by atoms with van der Waals surface area (Å²) in [6, 6.07) is 5.01. The molecule has 0 aliphatic carbocycles. The predicted octanol–water partition coefficient (Wildman–Crippen LogP) is 4.19. The minimum absolute atomic E-state index is 0.0333. The topological polar surface area (TPSA) is 33.5 Å². The molecule has 2 aromatic rings. The summed E-state index contributed by atoms with van der Waals surface area (Å²) in [6.07, 6.45) is 3.12. The van der Waals surface area contributed by atoms with E-state index in [1.54, 1.807) is 23.3 Å². The first-order valence-electron chi connectivity index (χ1n) is 6.57. The van der Waals surface area contributed by atoms with Gasteiger partial charge >= 0.3 is 0 Å².